The lowest BCUT2D eigenvalue weighted by Gasteiger charge is -2.24. The molecule has 128 valence electrons. The Bertz CT molecular complexity index is 598. The summed E-state index contributed by atoms with van der Waals surface area (Å²) in [5, 5.41) is 3.01. The van der Waals surface area contributed by atoms with Crippen LogP contribution in [-0.4, -0.2) is 42.5 Å². The molecule has 23 heavy (non-hydrogen) atoms. The van der Waals surface area contributed by atoms with E-state index in [1.54, 1.807) is 18.3 Å². The second kappa shape index (κ2) is 8.40. The Hall–Kier alpha value is -1.47. The van der Waals surface area contributed by atoms with Gasteiger partial charge in [-0.25, -0.2) is 8.42 Å². The Labute approximate surface area is 138 Å². The summed E-state index contributed by atoms with van der Waals surface area (Å²) in [5.41, 5.74) is 0.672. The lowest BCUT2D eigenvalue weighted by Crippen LogP contribution is -2.39. The van der Waals surface area contributed by atoms with E-state index in [0.29, 0.717) is 5.69 Å². The van der Waals surface area contributed by atoms with Gasteiger partial charge in [-0.15, -0.1) is 0 Å². The van der Waals surface area contributed by atoms with E-state index in [9.17, 15) is 13.2 Å². The average Bonchev–Trinajstić information content (AvgIpc) is 2.52. The average molecular weight is 339 g/mol. The molecule has 0 bridgehead atoms. The first-order chi connectivity index (χ1) is 10.9. The predicted octanol–water partition coefficient (Wildman–Crippen LogP) is 1.68. The van der Waals surface area contributed by atoms with E-state index in [0.717, 1.165) is 31.9 Å². The van der Waals surface area contributed by atoms with Gasteiger partial charge in [0.2, 0.25) is 15.9 Å². The van der Waals surface area contributed by atoms with Crippen LogP contribution in [-0.2, 0) is 21.4 Å². The normalized spacial score (nSPS) is 16.4. The van der Waals surface area contributed by atoms with Crippen molar-refractivity contribution in [1.29, 1.82) is 0 Å². The summed E-state index contributed by atoms with van der Waals surface area (Å²) < 4.78 is 25.1. The van der Waals surface area contributed by atoms with Gasteiger partial charge >= 0.3 is 0 Å². The fourth-order valence-corrected chi connectivity index (χ4v) is 3.60. The molecule has 1 aromatic heterocycles. The summed E-state index contributed by atoms with van der Waals surface area (Å²) in [4.78, 5) is 16.2. The van der Waals surface area contributed by atoms with E-state index < -0.39 is 10.0 Å². The summed E-state index contributed by atoms with van der Waals surface area (Å²) in [6, 6.07) is 5.63. The zero-order valence-corrected chi connectivity index (χ0v) is 14.4. The summed E-state index contributed by atoms with van der Waals surface area (Å²) in [5.74, 6) is -0.0772. The maximum Gasteiger partial charge on any atom is 0.221 e. The minimum Gasteiger partial charge on any atom is -0.353 e. The van der Waals surface area contributed by atoms with E-state index in [1.807, 2.05) is 6.07 Å². The zero-order valence-electron chi connectivity index (χ0n) is 13.6. The molecule has 2 rings (SSSR count). The van der Waals surface area contributed by atoms with Crippen molar-refractivity contribution in [2.45, 2.75) is 51.1 Å². The van der Waals surface area contributed by atoms with Crippen LogP contribution in [0.4, 0.5) is 0 Å². The van der Waals surface area contributed by atoms with E-state index in [4.69, 9.17) is 0 Å². The molecule has 1 amide bonds. The SMILES string of the molecule is CS(=O)(=O)N(CCC(=O)NC1CCCCC1)Cc1ccccn1. The molecule has 7 heteroatoms. The van der Waals surface area contributed by atoms with Gasteiger partial charge in [-0.3, -0.25) is 9.78 Å². The molecule has 1 aliphatic rings. The number of aromatic nitrogens is 1. The molecule has 1 heterocycles. The number of rotatable bonds is 7. The fraction of sp³-hybridized carbons (Fsp3) is 0.625. The number of nitrogens with zero attached hydrogens (tertiary/aromatic N) is 2. The summed E-state index contributed by atoms with van der Waals surface area (Å²) in [6.07, 6.45) is 8.56. The number of hydrogen-bond donors (Lipinski definition) is 1. The number of carbonyl (C=O) groups is 1. The maximum absolute atomic E-state index is 12.0. The Kier molecular flexibility index (Phi) is 6.53. The number of hydrogen-bond acceptors (Lipinski definition) is 4. The van der Waals surface area contributed by atoms with Gasteiger partial charge in [-0.1, -0.05) is 25.3 Å². The topological polar surface area (TPSA) is 79.4 Å². The largest absolute Gasteiger partial charge is 0.353 e. The lowest BCUT2D eigenvalue weighted by molar-refractivity contribution is -0.122. The van der Waals surface area contributed by atoms with Crippen molar-refractivity contribution in [1.82, 2.24) is 14.6 Å². The second-order valence-electron chi connectivity index (χ2n) is 6.07. The van der Waals surface area contributed by atoms with Crippen molar-refractivity contribution < 1.29 is 13.2 Å². The first-order valence-corrected chi connectivity index (χ1v) is 9.94. The van der Waals surface area contributed by atoms with Crippen LogP contribution in [0.3, 0.4) is 0 Å². The molecule has 0 radical (unpaired) electrons. The molecule has 1 aromatic rings. The molecule has 0 unspecified atom stereocenters. The molecular weight excluding hydrogens is 314 g/mol. The number of nitrogens with one attached hydrogen (secondary N) is 1. The molecule has 0 spiro atoms. The van der Waals surface area contributed by atoms with Crippen molar-refractivity contribution >= 4 is 15.9 Å². The number of carbonyl (C=O) groups excluding carboxylic acids is 1. The predicted molar refractivity (Wildman–Crippen MR) is 89.1 cm³/mol. The zero-order chi connectivity index (χ0) is 16.7. The van der Waals surface area contributed by atoms with Crippen LogP contribution < -0.4 is 5.32 Å². The van der Waals surface area contributed by atoms with Gasteiger partial charge in [0, 0.05) is 25.2 Å². The van der Waals surface area contributed by atoms with Crippen LogP contribution in [0.25, 0.3) is 0 Å². The van der Waals surface area contributed by atoms with Gasteiger partial charge in [0.1, 0.15) is 0 Å². The van der Waals surface area contributed by atoms with Crippen LogP contribution in [0.1, 0.15) is 44.2 Å². The van der Waals surface area contributed by atoms with Crippen molar-refractivity contribution in [3.63, 3.8) is 0 Å². The van der Waals surface area contributed by atoms with Crippen LogP contribution in [0.15, 0.2) is 24.4 Å². The van der Waals surface area contributed by atoms with Gasteiger partial charge in [0.15, 0.2) is 0 Å². The van der Waals surface area contributed by atoms with Gasteiger partial charge in [-0.2, -0.15) is 4.31 Å². The molecule has 1 fully saturated rings. The number of sulfonamides is 1. The Balaban J connectivity index is 1.86. The summed E-state index contributed by atoms with van der Waals surface area (Å²) >= 11 is 0. The number of amides is 1. The van der Waals surface area contributed by atoms with Crippen molar-refractivity contribution in [2.24, 2.45) is 0 Å². The van der Waals surface area contributed by atoms with E-state index in [-0.39, 0.29) is 31.5 Å². The van der Waals surface area contributed by atoms with Crippen molar-refractivity contribution in [2.75, 3.05) is 12.8 Å². The van der Waals surface area contributed by atoms with Crippen LogP contribution in [0.2, 0.25) is 0 Å². The highest BCUT2D eigenvalue weighted by atomic mass is 32.2. The second-order valence-corrected chi connectivity index (χ2v) is 8.05. The smallest absolute Gasteiger partial charge is 0.221 e. The van der Waals surface area contributed by atoms with E-state index >= 15 is 0 Å². The highest BCUT2D eigenvalue weighted by molar-refractivity contribution is 7.88. The van der Waals surface area contributed by atoms with Crippen LogP contribution in [0.5, 0.6) is 0 Å². The molecular formula is C16H25N3O3S. The molecule has 0 aromatic carbocycles. The summed E-state index contributed by atoms with van der Waals surface area (Å²) in [7, 11) is -3.38. The molecule has 1 saturated carbocycles. The van der Waals surface area contributed by atoms with Crippen molar-refractivity contribution in [3.8, 4) is 0 Å². The monoisotopic (exact) mass is 339 g/mol. The minimum absolute atomic E-state index is 0.0772. The van der Waals surface area contributed by atoms with Crippen LogP contribution in [0, 0.1) is 0 Å². The fourth-order valence-electron chi connectivity index (χ4n) is 2.81. The van der Waals surface area contributed by atoms with Gasteiger partial charge in [-0.05, 0) is 25.0 Å². The van der Waals surface area contributed by atoms with Gasteiger partial charge < -0.3 is 5.32 Å². The molecule has 1 N–H and O–H groups in total. The third-order valence-electron chi connectivity index (χ3n) is 4.09. The minimum atomic E-state index is -3.38. The first-order valence-electron chi connectivity index (χ1n) is 8.09. The van der Waals surface area contributed by atoms with Crippen LogP contribution >= 0.6 is 0 Å². The molecule has 1 aliphatic carbocycles. The molecule has 0 atom stereocenters. The quantitative estimate of drug-likeness (QED) is 0.820. The van der Waals surface area contributed by atoms with Gasteiger partial charge in [0.05, 0.1) is 18.5 Å². The first kappa shape index (κ1) is 17.9. The molecule has 6 nitrogen and oxygen atoms in total. The Morgan fingerprint density at radius 3 is 2.65 bits per heavy atom. The highest BCUT2D eigenvalue weighted by Crippen LogP contribution is 2.17. The van der Waals surface area contributed by atoms with Gasteiger partial charge in [0.25, 0.3) is 0 Å². The Morgan fingerprint density at radius 2 is 2.04 bits per heavy atom. The third-order valence-corrected chi connectivity index (χ3v) is 5.34. The highest BCUT2D eigenvalue weighted by Gasteiger charge is 2.20. The third kappa shape index (κ3) is 6.27. The van der Waals surface area contributed by atoms with E-state index in [1.165, 1.54) is 10.7 Å². The van der Waals surface area contributed by atoms with E-state index in [2.05, 4.69) is 10.3 Å². The lowest BCUT2D eigenvalue weighted by atomic mass is 9.95. The molecule has 0 aliphatic heterocycles. The van der Waals surface area contributed by atoms with Crippen molar-refractivity contribution in [3.05, 3.63) is 30.1 Å². The number of pyridine rings is 1. The maximum atomic E-state index is 12.0. The standard InChI is InChI=1S/C16H25N3O3S/c1-23(21,22)19(13-15-9-5-6-11-17-15)12-10-16(20)18-14-7-3-2-4-8-14/h5-6,9,11,14H,2-4,7-8,10,12-13H2,1H3,(H,18,20). The summed E-state index contributed by atoms with van der Waals surface area (Å²) in [6.45, 7) is 0.365. The molecule has 0 saturated heterocycles. The Morgan fingerprint density at radius 1 is 1.30 bits per heavy atom.